The maximum absolute atomic E-state index is 12.4. The third-order valence-electron chi connectivity index (χ3n) is 3.18. The number of hydrogen-bond donors (Lipinski definition) is 0. The maximum atomic E-state index is 12.4. The number of ether oxygens (including phenoxy) is 1. The van der Waals surface area contributed by atoms with Gasteiger partial charge in [-0.3, -0.25) is 4.57 Å². The van der Waals surface area contributed by atoms with Gasteiger partial charge in [0.15, 0.2) is 0 Å². The van der Waals surface area contributed by atoms with E-state index in [1.807, 2.05) is 18.2 Å². The van der Waals surface area contributed by atoms with Crippen LogP contribution in [0.1, 0.15) is 11.1 Å². The van der Waals surface area contributed by atoms with E-state index in [4.69, 9.17) is 9.26 Å². The molecule has 0 radical (unpaired) electrons. The number of rotatable bonds is 2. The molecule has 2 aromatic carbocycles. The summed E-state index contributed by atoms with van der Waals surface area (Å²) in [4.78, 5) is 12.4. The summed E-state index contributed by atoms with van der Waals surface area (Å²) in [7, 11) is -2.71. The first-order valence-electron chi connectivity index (χ1n) is 6.18. The van der Waals surface area contributed by atoms with Crippen LogP contribution in [0.25, 0.3) is 10.2 Å². The van der Waals surface area contributed by atoms with Crippen LogP contribution in [0.4, 0.5) is 0 Å². The largest absolute Gasteiger partial charge is 1.00 e. The average molecular weight is 405 g/mol. The first kappa shape index (κ1) is 18.4. The van der Waals surface area contributed by atoms with Crippen molar-refractivity contribution in [2.75, 3.05) is 7.11 Å². The van der Waals surface area contributed by atoms with E-state index in [9.17, 15) is 9.46 Å². The molecule has 0 aliphatic carbocycles. The second-order valence-electron chi connectivity index (χ2n) is 4.48. The van der Waals surface area contributed by atoms with Crippen LogP contribution in [0, 0.1) is 0 Å². The number of hydrogen-bond acceptors (Lipinski definition) is 4. The Labute approximate surface area is 179 Å². The molecule has 2 aromatic rings. The summed E-state index contributed by atoms with van der Waals surface area (Å²) in [6.45, 7) is 0. The van der Waals surface area contributed by atoms with Crippen LogP contribution in [-0.4, -0.2) is 7.11 Å². The smallest absolute Gasteiger partial charge is 0.765 e. The van der Waals surface area contributed by atoms with Crippen LogP contribution in [0.3, 0.4) is 0 Å². The Morgan fingerprint density at radius 3 is 2.50 bits per heavy atom. The second-order valence-corrected chi connectivity index (χ2v) is 6.93. The van der Waals surface area contributed by atoms with Crippen molar-refractivity contribution in [2.45, 2.75) is 0 Å². The van der Waals surface area contributed by atoms with E-state index < -0.39 is 7.60 Å². The van der Waals surface area contributed by atoms with Gasteiger partial charge in [-0.15, -0.1) is 0 Å². The first-order valence-corrected chi connectivity index (χ1v) is 8.51. The van der Waals surface area contributed by atoms with Gasteiger partial charge in [-0.1, -0.05) is 30.3 Å². The summed E-state index contributed by atoms with van der Waals surface area (Å²) in [5, 5.41) is 0.119. The minimum Gasteiger partial charge on any atom is -0.765 e. The molecule has 0 spiro atoms. The molecule has 1 aliphatic rings. The monoisotopic (exact) mass is 404 g/mol. The van der Waals surface area contributed by atoms with Gasteiger partial charge in [-0.25, -0.2) is 0 Å². The quantitative estimate of drug-likeness (QED) is 0.527. The topological polar surface area (TPSA) is 58.6 Å². The Kier molecular flexibility index (Phi) is 6.13. The average Bonchev–Trinajstić information content (AvgIpc) is 2.51. The zero-order chi connectivity index (χ0) is 15.0. The molecule has 1 aliphatic heterocycles. The molecule has 22 heavy (non-hydrogen) atoms. The van der Waals surface area contributed by atoms with Crippen molar-refractivity contribution in [3.63, 3.8) is 0 Å². The Morgan fingerprint density at radius 1 is 1.18 bits per heavy atom. The Bertz CT molecular complexity index is 776. The van der Waals surface area contributed by atoms with Gasteiger partial charge in [0.1, 0.15) is 11.5 Å². The number of methoxy groups -OCH3 is 1. The van der Waals surface area contributed by atoms with E-state index in [0.717, 1.165) is 0 Å². The Balaban J connectivity index is 0.00000176. The van der Waals surface area contributed by atoms with Crippen LogP contribution >= 0.6 is 23.5 Å². The molecule has 1 heterocycles. The number of benzene rings is 2. The van der Waals surface area contributed by atoms with E-state index in [2.05, 4.69) is 15.9 Å². The van der Waals surface area contributed by atoms with Gasteiger partial charge in [0, 0.05) is 16.4 Å². The summed E-state index contributed by atoms with van der Waals surface area (Å²) in [5.41, 5.74) is 1.26. The van der Waals surface area contributed by atoms with E-state index in [1.165, 1.54) is 13.2 Å². The minimum absolute atomic E-state index is 0. The first-order chi connectivity index (χ1) is 10.0. The molecule has 1 unspecified atom stereocenters. The summed E-state index contributed by atoms with van der Waals surface area (Å²) in [6, 6.07) is 14.0. The zero-order valence-corrected chi connectivity index (χ0v) is 17.7. The van der Waals surface area contributed by atoms with Crippen molar-refractivity contribution < 1.29 is 70.1 Å². The van der Waals surface area contributed by atoms with Crippen LogP contribution in [0.2, 0.25) is 0 Å². The molecular formula is C15H11BrKO4P. The molecule has 0 N–H and O–H groups in total. The molecular weight excluding hydrogens is 394 g/mol. The molecule has 3 rings (SSSR count). The van der Waals surface area contributed by atoms with E-state index >= 15 is 0 Å². The predicted molar refractivity (Wildman–Crippen MR) is 83.5 cm³/mol. The van der Waals surface area contributed by atoms with Gasteiger partial charge < -0.3 is 14.2 Å². The van der Waals surface area contributed by atoms with E-state index in [1.54, 1.807) is 24.3 Å². The van der Waals surface area contributed by atoms with Crippen molar-refractivity contribution in [1.29, 1.82) is 0 Å². The number of fused-ring (bicyclic) bond motifs is 1. The van der Waals surface area contributed by atoms with Gasteiger partial charge in [-0.05, 0) is 34.1 Å². The molecule has 7 heteroatoms. The number of halogens is 1. The van der Waals surface area contributed by atoms with E-state index in [-0.39, 0.29) is 56.7 Å². The SMILES string of the molecule is COc1ccc2c(c1)P(=O)([O-])OC(c1ccccc1)=C2Br.[K+]. The fourth-order valence-electron chi connectivity index (χ4n) is 2.15. The van der Waals surface area contributed by atoms with Gasteiger partial charge in [0.25, 0.3) is 0 Å². The van der Waals surface area contributed by atoms with Gasteiger partial charge in [0.05, 0.1) is 11.6 Å². The van der Waals surface area contributed by atoms with Crippen molar-refractivity contribution in [1.82, 2.24) is 0 Å². The molecule has 0 amide bonds. The standard InChI is InChI=1S/C15H12BrO4P.K/c1-19-11-7-8-12-13(9-11)21(17,18)20-15(14(12)16)10-5-3-2-4-6-10;/h2-9H,1H3,(H,17,18);/q;+1/p-1. The third kappa shape index (κ3) is 3.45. The van der Waals surface area contributed by atoms with Crippen LogP contribution in [0.5, 0.6) is 5.75 Å². The predicted octanol–water partition coefficient (Wildman–Crippen LogP) is 0.129. The third-order valence-corrected chi connectivity index (χ3v) is 5.35. The van der Waals surface area contributed by atoms with Crippen molar-refractivity contribution in [2.24, 2.45) is 0 Å². The normalized spacial score (nSPS) is 19.8. The molecule has 0 bridgehead atoms. The zero-order valence-electron chi connectivity index (χ0n) is 12.1. The molecule has 0 saturated carbocycles. The summed E-state index contributed by atoms with van der Waals surface area (Å²) in [5.74, 6) is 0.767. The fraction of sp³-hybridized carbons (Fsp3) is 0.0667. The Morgan fingerprint density at radius 2 is 1.86 bits per heavy atom. The van der Waals surface area contributed by atoms with Crippen LogP contribution in [0.15, 0.2) is 48.5 Å². The van der Waals surface area contributed by atoms with Crippen molar-refractivity contribution in [3.05, 3.63) is 59.7 Å². The van der Waals surface area contributed by atoms with Crippen molar-refractivity contribution >= 4 is 39.1 Å². The minimum atomic E-state index is -4.19. The molecule has 1 atom stereocenters. The molecule has 0 fully saturated rings. The fourth-order valence-corrected chi connectivity index (χ4v) is 4.39. The molecule has 0 aromatic heterocycles. The summed E-state index contributed by atoms with van der Waals surface area (Å²) >= 11 is 3.44. The second kappa shape index (κ2) is 7.32. The molecule has 0 saturated heterocycles. The summed E-state index contributed by atoms with van der Waals surface area (Å²) < 4.78 is 23.3. The van der Waals surface area contributed by atoms with Crippen LogP contribution < -0.4 is 66.3 Å². The van der Waals surface area contributed by atoms with Crippen LogP contribution in [-0.2, 0) is 9.09 Å². The van der Waals surface area contributed by atoms with Gasteiger partial charge in [-0.2, -0.15) is 0 Å². The van der Waals surface area contributed by atoms with Gasteiger partial charge >= 0.3 is 51.4 Å². The van der Waals surface area contributed by atoms with E-state index in [0.29, 0.717) is 27.1 Å². The maximum Gasteiger partial charge on any atom is 1.00 e. The Hall–Kier alpha value is 0.0864. The molecule has 108 valence electrons. The van der Waals surface area contributed by atoms with Crippen molar-refractivity contribution in [3.8, 4) is 5.75 Å². The van der Waals surface area contributed by atoms with Gasteiger partial charge in [0.2, 0.25) is 7.60 Å². The molecule has 4 nitrogen and oxygen atoms in total. The summed E-state index contributed by atoms with van der Waals surface area (Å²) in [6.07, 6.45) is 0.